The number of carbonyl (C=O) groups excluding carboxylic acids is 3. The number of halogens is 3. The van der Waals surface area contributed by atoms with Crippen molar-refractivity contribution in [3.05, 3.63) is 48.0 Å². The first-order chi connectivity index (χ1) is 17.9. The molecule has 38 heavy (non-hydrogen) atoms. The fraction of sp³-hybridized carbons (Fsp3) is 0.593. The molecule has 10 unspecified atom stereocenters. The first kappa shape index (κ1) is 27.7. The minimum atomic E-state index is -2.14. The van der Waals surface area contributed by atoms with Crippen molar-refractivity contribution in [2.24, 2.45) is 28.6 Å². The number of ketones is 1. The molecule has 1 heterocycles. The number of furan rings is 1. The Morgan fingerprint density at radius 3 is 2.63 bits per heavy atom. The lowest BCUT2D eigenvalue weighted by atomic mass is 9.44. The van der Waals surface area contributed by atoms with Crippen molar-refractivity contribution in [2.45, 2.75) is 63.6 Å². The second-order valence-electron chi connectivity index (χ2n) is 11.2. The molecule has 0 spiro atoms. The second-order valence-corrected chi connectivity index (χ2v) is 12.4. The lowest BCUT2D eigenvalue weighted by Crippen LogP contribution is -2.70. The summed E-state index contributed by atoms with van der Waals surface area (Å²) in [5.41, 5.74) is -6.60. The smallest absolute Gasteiger partial charge is 0.375 e. The Kier molecular flexibility index (Phi) is 6.80. The van der Waals surface area contributed by atoms with E-state index in [1.54, 1.807) is 20.8 Å². The van der Waals surface area contributed by atoms with Crippen LogP contribution in [0.4, 0.5) is 13.2 Å². The molecule has 3 saturated carbocycles. The number of thioether (sulfide) groups is 1. The molecule has 0 amide bonds. The Labute approximate surface area is 225 Å². The fourth-order valence-electron chi connectivity index (χ4n) is 8.08. The van der Waals surface area contributed by atoms with Gasteiger partial charge in [-0.3, -0.25) is 9.59 Å². The molecule has 0 radical (unpaired) electrons. The second kappa shape index (κ2) is 9.34. The van der Waals surface area contributed by atoms with Crippen molar-refractivity contribution < 1.29 is 41.2 Å². The molecule has 3 fully saturated rings. The Hall–Kier alpha value is -1.90. The van der Waals surface area contributed by atoms with Crippen LogP contribution in [0.2, 0.25) is 0 Å². The third-order valence-corrected chi connectivity index (χ3v) is 10.8. The summed E-state index contributed by atoms with van der Waals surface area (Å²) in [6.07, 6.45) is 2.31. The van der Waals surface area contributed by atoms with Crippen molar-refractivity contribution in [2.75, 3.05) is 6.01 Å². The predicted molar refractivity (Wildman–Crippen MR) is 137 cm³/mol. The predicted octanol–water partition coefficient (Wildman–Crippen LogP) is 5.74. The van der Waals surface area contributed by atoms with Gasteiger partial charge in [-0.1, -0.05) is 19.9 Å². The molecule has 1 aromatic heterocycles. The monoisotopic (exact) mass is 570 g/mol. The van der Waals surface area contributed by atoms with Crippen LogP contribution in [0.25, 0.3) is 0 Å². The number of hydrogen-bond donors (Lipinski definition) is 0. The van der Waals surface area contributed by atoms with Crippen LogP contribution in [-0.4, -0.2) is 46.4 Å². The topological polar surface area (TPSA) is 82.8 Å². The zero-order valence-corrected chi connectivity index (χ0v) is 23.2. The van der Waals surface area contributed by atoms with Crippen molar-refractivity contribution >= 4 is 38.1 Å². The number of hydrogen-bond acceptors (Lipinski definition) is 7. The van der Waals surface area contributed by atoms with E-state index in [1.807, 2.05) is 0 Å². The molecule has 4 aliphatic carbocycles. The number of ether oxygens (including phenoxy) is 1. The van der Waals surface area contributed by atoms with Gasteiger partial charge < -0.3 is 13.7 Å². The zero-order valence-electron chi connectivity index (χ0n) is 21.2. The summed E-state index contributed by atoms with van der Waals surface area (Å²) in [4.78, 5) is 39.0. The summed E-state index contributed by atoms with van der Waals surface area (Å²) >= 11 is 0.395. The number of rotatable bonds is 5. The van der Waals surface area contributed by atoms with Gasteiger partial charge in [0.05, 0.1) is 12.4 Å². The van der Waals surface area contributed by atoms with Gasteiger partial charge in [0.15, 0.2) is 17.1 Å². The largest absolute Gasteiger partial charge is 0.457 e. The SMILES string of the molecule is CC1CC2C3CC(F)C4=CC(=O)C=CC4(C)C3(F)C(OP)CC2(C)C1(OC(=O)c1ccco1)C(=O)SCF. The number of alkyl halides is 3. The fourth-order valence-corrected chi connectivity index (χ4v) is 9.16. The highest BCUT2D eigenvalue weighted by Crippen LogP contribution is 2.72. The van der Waals surface area contributed by atoms with E-state index in [9.17, 15) is 18.8 Å². The summed E-state index contributed by atoms with van der Waals surface area (Å²) in [7, 11) is 2.08. The summed E-state index contributed by atoms with van der Waals surface area (Å²) in [5.74, 6) is -3.63. The number of allylic oxidation sites excluding steroid dienone is 4. The average Bonchev–Trinajstić information content (AvgIpc) is 3.48. The maximum atomic E-state index is 17.7. The van der Waals surface area contributed by atoms with E-state index < -0.39 is 75.0 Å². The summed E-state index contributed by atoms with van der Waals surface area (Å²) in [6, 6.07) is 1.85. The average molecular weight is 571 g/mol. The normalized spacial score (nSPS) is 43.6. The molecular weight excluding hydrogens is 540 g/mol. The minimum absolute atomic E-state index is 0.0653. The van der Waals surface area contributed by atoms with Crippen LogP contribution in [0.5, 0.6) is 0 Å². The van der Waals surface area contributed by atoms with E-state index in [1.165, 1.54) is 36.6 Å². The van der Waals surface area contributed by atoms with Gasteiger partial charge in [0.2, 0.25) is 10.9 Å². The van der Waals surface area contributed by atoms with Crippen LogP contribution in [0.15, 0.2) is 46.6 Å². The summed E-state index contributed by atoms with van der Waals surface area (Å²) in [5, 5.41) is -0.686. The molecule has 0 aliphatic heterocycles. The van der Waals surface area contributed by atoms with Gasteiger partial charge in [-0.05, 0) is 73.7 Å². The van der Waals surface area contributed by atoms with Gasteiger partial charge in [-0.25, -0.2) is 18.0 Å². The summed E-state index contributed by atoms with van der Waals surface area (Å²) in [6.45, 7) is 5.02. The summed E-state index contributed by atoms with van der Waals surface area (Å²) < 4.78 is 63.9. The first-order valence-corrected chi connectivity index (χ1v) is 14.0. The van der Waals surface area contributed by atoms with E-state index in [0.717, 1.165) is 0 Å². The number of fused-ring (bicyclic) bond motifs is 5. The third kappa shape index (κ3) is 3.45. The Bertz CT molecular complexity index is 1220. The van der Waals surface area contributed by atoms with E-state index in [2.05, 4.69) is 9.47 Å². The number of esters is 1. The quantitative estimate of drug-likeness (QED) is 0.330. The molecule has 206 valence electrons. The molecule has 10 atom stereocenters. The molecule has 1 aromatic rings. The van der Waals surface area contributed by atoms with Crippen molar-refractivity contribution in [1.29, 1.82) is 0 Å². The van der Waals surface area contributed by atoms with Gasteiger partial charge in [0, 0.05) is 32.1 Å². The minimum Gasteiger partial charge on any atom is -0.457 e. The molecule has 0 bridgehead atoms. The lowest BCUT2D eigenvalue weighted by Gasteiger charge is -2.63. The Morgan fingerprint density at radius 2 is 2.00 bits per heavy atom. The molecule has 0 N–H and O–H groups in total. The maximum absolute atomic E-state index is 17.7. The molecule has 5 rings (SSSR count). The van der Waals surface area contributed by atoms with Crippen LogP contribution in [0, 0.1) is 28.6 Å². The zero-order chi connectivity index (χ0) is 27.7. The van der Waals surface area contributed by atoms with Crippen molar-refractivity contribution in [3.8, 4) is 0 Å². The van der Waals surface area contributed by atoms with E-state index in [0.29, 0.717) is 11.8 Å². The molecule has 6 nitrogen and oxygen atoms in total. The van der Waals surface area contributed by atoms with Crippen LogP contribution in [0.1, 0.15) is 50.6 Å². The van der Waals surface area contributed by atoms with Crippen LogP contribution in [0.3, 0.4) is 0 Å². The van der Waals surface area contributed by atoms with Gasteiger partial charge in [-0.2, -0.15) is 0 Å². The number of carbonyl (C=O) groups is 3. The molecular formula is C27H30F3O6PS. The maximum Gasteiger partial charge on any atom is 0.375 e. The highest BCUT2D eigenvalue weighted by molar-refractivity contribution is 8.13. The van der Waals surface area contributed by atoms with Gasteiger partial charge in [0.25, 0.3) is 0 Å². The van der Waals surface area contributed by atoms with E-state index in [-0.39, 0.29) is 30.6 Å². The van der Waals surface area contributed by atoms with Crippen LogP contribution in [-0.2, 0) is 18.8 Å². The highest BCUT2D eigenvalue weighted by atomic mass is 32.2. The van der Waals surface area contributed by atoms with Gasteiger partial charge in [-0.15, -0.1) is 0 Å². The molecule has 0 aromatic carbocycles. The van der Waals surface area contributed by atoms with Crippen molar-refractivity contribution in [1.82, 2.24) is 0 Å². The molecule has 0 saturated heterocycles. The Morgan fingerprint density at radius 1 is 1.26 bits per heavy atom. The highest BCUT2D eigenvalue weighted by Gasteiger charge is 2.78. The van der Waals surface area contributed by atoms with Gasteiger partial charge >= 0.3 is 5.97 Å². The van der Waals surface area contributed by atoms with Crippen molar-refractivity contribution in [3.63, 3.8) is 0 Å². The standard InChI is InChI=1S/C27H30F3O6PS/c1-14-9-16-17-11-19(29)18-10-15(31)6-7-24(18,2)26(17,30)21(36-37)12-25(16,3)27(14,23(33)38-13-28)35-22(32)20-5-4-8-34-20/h4-8,10,14,16-17,19,21H,9,11-13,37H2,1-3H3. The van der Waals surface area contributed by atoms with Crippen LogP contribution < -0.4 is 0 Å². The van der Waals surface area contributed by atoms with Gasteiger partial charge in [0.1, 0.15) is 12.2 Å². The van der Waals surface area contributed by atoms with E-state index >= 15 is 8.78 Å². The first-order valence-electron chi connectivity index (χ1n) is 12.5. The Balaban J connectivity index is 1.66. The lowest BCUT2D eigenvalue weighted by molar-refractivity contribution is -0.213. The third-order valence-electron chi connectivity index (χ3n) is 9.77. The van der Waals surface area contributed by atoms with E-state index in [4.69, 9.17) is 13.7 Å². The molecule has 11 heteroatoms. The van der Waals surface area contributed by atoms with Crippen LogP contribution >= 0.6 is 21.2 Å². The molecule has 4 aliphatic rings.